The Kier molecular flexibility index (Phi) is 5.49. The van der Waals surface area contributed by atoms with Crippen molar-refractivity contribution in [2.24, 2.45) is 0 Å². The molecule has 0 N–H and O–H groups in total. The van der Waals surface area contributed by atoms with E-state index < -0.39 is 5.82 Å². The molecule has 4 rings (SSSR count). The number of amides is 1. The number of hydrogen-bond donors (Lipinski definition) is 0. The summed E-state index contributed by atoms with van der Waals surface area (Å²) in [6.07, 6.45) is 0. The molecule has 3 heterocycles. The Hall–Kier alpha value is -3.26. The number of pyridine rings is 1. The standard InChI is InChI=1S/C23H22FN3O3S/c1-12-8-16(14(3)31-12)19-10-17(21-13(2)26-30-22(21)25-19)23(28)27(4)11-15-6-7-20(29-5)18(24)9-15/h6-10H,11H2,1-5H3. The molecule has 1 amide bonds. The molecule has 0 atom stereocenters. The number of aryl methyl sites for hydroxylation is 3. The molecular weight excluding hydrogens is 417 g/mol. The summed E-state index contributed by atoms with van der Waals surface area (Å²) in [6.45, 7) is 6.07. The van der Waals surface area contributed by atoms with E-state index >= 15 is 0 Å². The van der Waals surface area contributed by atoms with Crippen LogP contribution in [0.3, 0.4) is 0 Å². The van der Waals surface area contributed by atoms with Crippen LogP contribution in [0.1, 0.15) is 31.4 Å². The maximum absolute atomic E-state index is 14.1. The van der Waals surface area contributed by atoms with Crippen molar-refractivity contribution in [3.8, 4) is 17.0 Å². The van der Waals surface area contributed by atoms with Crippen molar-refractivity contribution in [3.05, 3.63) is 62.7 Å². The molecule has 0 aliphatic rings. The molecule has 0 saturated heterocycles. The van der Waals surface area contributed by atoms with Gasteiger partial charge in [-0.05, 0) is 50.6 Å². The predicted octanol–water partition coefficient (Wildman–Crippen LogP) is 5.30. The Morgan fingerprint density at radius 3 is 2.65 bits per heavy atom. The lowest BCUT2D eigenvalue weighted by Crippen LogP contribution is -2.26. The van der Waals surface area contributed by atoms with Gasteiger partial charge in [-0.25, -0.2) is 9.37 Å². The fourth-order valence-electron chi connectivity index (χ4n) is 3.65. The molecule has 160 valence electrons. The first-order chi connectivity index (χ1) is 14.8. The number of fused-ring (bicyclic) bond motifs is 1. The van der Waals surface area contributed by atoms with Gasteiger partial charge in [0.25, 0.3) is 11.6 Å². The summed E-state index contributed by atoms with van der Waals surface area (Å²) in [5.74, 6) is -0.520. The van der Waals surface area contributed by atoms with Gasteiger partial charge < -0.3 is 14.2 Å². The minimum absolute atomic E-state index is 0.166. The van der Waals surface area contributed by atoms with Crippen molar-refractivity contribution in [2.75, 3.05) is 14.2 Å². The van der Waals surface area contributed by atoms with Crippen LogP contribution in [0.2, 0.25) is 0 Å². The summed E-state index contributed by atoms with van der Waals surface area (Å²) < 4.78 is 24.4. The van der Waals surface area contributed by atoms with E-state index in [1.807, 2.05) is 13.8 Å². The van der Waals surface area contributed by atoms with Crippen LogP contribution in [0.5, 0.6) is 5.75 Å². The van der Waals surface area contributed by atoms with Gasteiger partial charge >= 0.3 is 0 Å². The number of ether oxygens (including phenoxy) is 1. The number of methoxy groups -OCH3 is 1. The second-order valence-corrected chi connectivity index (χ2v) is 8.92. The SMILES string of the molecule is COc1ccc(CN(C)C(=O)c2cc(-c3cc(C)sc3C)nc3onc(C)c23)cc1F. The number of carbonyl (C=O) groups excluding carboxylic acids is 1. The number of hydrogen-bond acceptors (Lipinski definition) is 6. The second-order valence-electron chi connectivity index (χ2n) is 7.46. The summed E-state index contributed by atoms with van der Waals surface area (Å²) >= 11 is 1.67. The van der Waals surface area contributed by atoms with E-state index in [-0.39, 0.29) is 18.2 Å². The van der Waals surface area contributed by atoms with Gasteiger partial charge in [-0.15, -0.1) is 11.3 Å². The van der Waals surface area contributed by atoms with Crippen molar-refractivity contribution in [1.29, 1.82) is 0 Å². The molecule has 3 aromatic heterocycles. The fraction of sp³-hybridized carbons (Fsp3) is 0.261. The number of rotatable bonds is 5. The lowest BCUT2D eigenvalue weighted by molar-refractivity contribution is 0.0786. The van der Waals surface area contributed by atoms with Crippen LogP contribution in [0, 0.1) is 26.6 Å². The van der Waals surface area contributed by atoms with Gasteiger partial charge in [0, 0.05) is 28.9 Å². The van der Waals surface area contributed by atoms with Crippen LogP contribution < -0.4 is 4.74 Å². The Bertz CT molecular complexity index is 1290. The van der Waals surface area contributed by atoms with Gasteiger partial charge in [0.15, 0.2) is 11.6 Å². The normalized spacial score (nSPS) is 11.2. The number of aromatic nitrogens is 2. The third-order valence-corrected chi connectivity index (χ3v) is 6.11. The summed E-state index contributed by atoms with van der Waals surface area (Å²) in [6, 6.07) is 8.50. The highest BCUT2D eigenvalue weighted by Gasteiger charge is 2.23. The maximum atomic E-state index is 14.1. The van der Waals surface area contributed by atoms with Crippen LogP contribution in [-0.4, -0.2) is 35.1 Å². The zero-order valence-corrected chi connectivity index (χ0v) is 18.8. The number of halogens is 1. The number of nitrogens with zero attached hydrogens (tertiary/aromatic N) is 3. The highest BCUT2D eigenvalue weighted by Crippen LogP contribution is 2.33. The molecule has 0 aliphatic heterocycles. The van der Waals surface area contributed by atoms with E-state index in [1.54, 1.807) is 43.5 Å². The first-order valence-electron chi connectivity index (χ1n) is 9.70. The zero-order chi connectivity index (χ0) is 22.3. The Morgan fingerprint density at radius 1 is 1.23 bits per heavy atom. The van der Waals surface area contributed by atoms with Gasteiger partial charge in [0.05, 0.1) is 29.4 Å². The topological polar surface area (TPSA) is 68.5 Å². The number of carbonyl (C=O) groups is 1. The molecule has 0 spiro atoms. The summed E-state index contributed by atoms with van der Waals surface area (Å²) in [5, 5.41) is 4.60. The fourth-order valence-corrected chi connectivity index (χ4v) is 4.58. The average Bonchev–Trinajstić information content (AvgIpc) is 3.28. The van der Waals surface area contributed by atoms with Crippen molar-refractivity contribution in [1.82, 2.24) is 15.0 Å². The lowest BCUT2D eigenvalue weighted by atomic mass is 10.0. The van der Waals surface area contributed by atoms with Crippen molar-refractivity contribution >= 4 is 28.3 Å². The van der Waals surface area contributed by atoms with Crippen LogP contribution in [0.4, 0.5) is 4.39 Å². The van der Waals surface area contributed by atoms with E-state index in [2.05, 4.69) is 16.2 Å². The molecular formula is C23H22FN3O3S. The molecule has 0 bridgehead atoms. The lowest BCUT2D eigenvalue weighted by Gasteiger charge is -2.18. The molecule has 31 heavy (non-hydrogen) atoms. The molecule has 0 aliphatic carbocycles. The number of benzene rings is 1. The van der Waals surface area contributed by atoms with Crippen LogP contribution in [0.25, 0.3) is 22.4 Å². The van der Waals surface area contributed by atoms with Crippen LogP contribution in [0.15, 0.2) is 34.9 Å². The first-order valence-corrected chi connectivity index (χ1v) is 10.5. The van der Waals surface area contributed by atoms with Crippen molar-refractivity contribution in [2.45, 2.75) is 27.3 Å². The quantitative estimate of drug-likeness (QED) is 0.422. The third kappa shape index (κ3) is 3.90. The maximum Gasteiger partial charge on any atom is 0.259 e. The zero-order valence-electron chi connectivity index (χ0n) is 17.9. The molecule has 0 radical (unpaired) electrons. The Labute approximate surface area is 183 Å². The van der Waals surface area contributed by atoms with Gasteiger partial charge in [-0.1, -0.05) is 11.2 Å². The molecule has 4 aromatic rings. The van der Waals surface area contributed by atoms with Gasteiger partial charge in [-0.3, -0.25) is 4.79 Å². The van der Waals surface area contributed by atoms with Crippen LogP contribution in [-0.2, 0) is 6.54 Å². The highest BCUT2D eigenvalue weighted by atomic mass is 32.1. The van der Waals surface area contributed by atoms with Gasteiger partial charge in [0.1, 0.15) is 0 Å². The summed E-state index contributed by atoms with van der Waals surface area (Å²) in [7, 11) is 3.09. The van der Waals surface area contributed by atoms with Gasteiger partial charge in [0.2, 0.25) is 0 Å². The monoisotopic (exact) mass is 439 g/mol. The average molecular weight is 440 g/mol. The summed E-state index contributed by atoms with van der Waals surface area (Å²) in [4.78, 5) is 21.8. The van der Waals surface area contributed by atoms with E-state index in [4.69, 9.17) is 9.26 Å². The summed E-state index contributed by atoms with van der Waals surface area (Å²) in [5.41, 5.74) is 3.67. The smallest absolute Gasteiger partial charge is 0.259 e. The minimum Gasteiger partial charge on any atom is -0.494 e. The van der Waals surface area contributed by atoms with Crippen molar-refractivity contribution in [3.63, 3.8) is 0 Å². The third-order valence-electron chi connectivity index (χ3n) is 5.15. The molecule has 6 nitrogen and oxygen atoms in total. The van der Waals surface area contributed by atoms with E-state index in [1.165, 1.54) is 18.1 Å². The predicted molar refractivity (Wildman–Crippen MR) is 118 cm³/mol. The van der Waals surface area contributed by atoms with Crippen LogP contribution >= 0.6 is 11.3 Å². The molecule has 0 fully saturated rings. The van der Waals surface area contributed by atoms with E-state index in [0.29, 0.717) is 33.6 Å². The molecule has 1 aromatic carbocycles. The first kappa shape index (κ1) is 21.0. The molecule has 0 saturated carbocycles. The number of thiophene rings is 1. The highest BCUT2D eigenvalue weighted by molar-refractivity contribution is 7.12. The van der Waals surface area contributed by atoms with Crippen molar-refractivity contribution < 1.29 is 18.4 Å². The Morgan fingerprint density at radius 2 is 2.00 bits per heavy atom. The Balaban J connectivity index is 1.73. The minimum atomic E-state index is -0.465. The van der Waals surface area contributed by atoms with E-state index in [0.717, 1.165) is 15.3 Å². The van der Waals surface area contributed by atoms with E-state index in [9.17, 15) is 9.18 Å². The second kappa shape index (κ2) is 8.11. The largest absolute Gasteiger partial charge is 0.494 e. The molecule has 8 heteroatoms. The van der Waals surface area contributed by atoms with Gasteiger partial charge in [-0.2, -0.15) is 0 Å². The molecule has 0 unspecified atom stereocenters.